The molecule has 3 aliphatic heterocycles. The molecule has 0 aromatic rings. The SMILES string of the molecule is CC12COC(S)(OC1)OC2. The smallest absolute Gasteiger partial charge is 0.318 e. The Morgan fingerprint density at radius 2 is 1.50 bits per heavy atom. The molecule has 3 nitrogen and oxygen atoms in total. The van der Waals surface area contributed by atoms with Crippen LogP contribution in [0.1, 0.15) is 6.92 Å². The minimum Gasteiger partial charge on any atom is -0.318 e. The lowest BCUT2D eigenvalue weighted by Gasteiger charge is -2.47. The van der Waals surface area contributed by atoms with E-state index in [2.05, 4.69) is 19.6 Å². The fourth-order valence-electron chi connectivity index (χ4n) is 1.05. The van der Waals surface area contributed by atoms with Crippen LogP contribution in [0.15, 0.2) is 0 Å². The largest absolute Gasteiger partial charge is 0.334 e. The second kappa shape index (κ2) is 1.88. The number of rotatable bonds is 0. The van der Waals surface area contributed by atoms with Gasteiger partial charge in [0, 0.05) is 5.41 Å². The van der Waals surface area contributed by atoms with E-state index < -0.39 is 5.31 Å². The van der Waals surface area contributed by atoms with Crippen molar-refractivity contribution in [2.45, 2.75) is 12.2 Å². The molecule has 58 valence electrons. The zero-order chi connectivity index (χ0) is 7.24. The van der Waals surface area contributed by atoms with Crippen molar-refractivity contribution >= 4 is 12.6 Å². The van der Waals surface area contributed by atoms with Crippen molar-refractivity contribution in [3.8, 4) is 0 Å². The Hall–Kier alpha value is 0.230. The molecule has 0 unspecified atom stereocenters. The van der Waals surface area contributed by atoms with Crippen LogP contribution in [0.3, 0.4) is 0 Å². The predicted molar refractivity (Wildman–Crippen MR) is 37.7 cm³/mol. The van der Waals surface area contributed by atoms with Crippen LogP contribution in [0.2, 0.25) is 0 Å². The summed E-state index contributed by atoms with van der Waals surface area (Å²) >= 11 is 4.06. The highest BCUT2D eigenvalue weighted by atomic mass is 32.1. The Morgan fingerprint density at radius 3 is 1.80 bits per heavy atom. The molecule has 3 aliphatic rings. The molecule has 2 bridgehead atoms. The molecule has 0 atom stereocenters. The number of ether oxygens (including phenoxy) is 3. The van der Waals surface area contributed by atoms with Crippen LogP contribution in [0.25, 0.3) is 0 Å². The van der Waals surface area contributed by atoms with Gasteiger partial charge in [-0.05, 0) is 0 Å². The van der Waals surface area contributed by atoms with E-state index in [4.69, 9.17) is 14.2 Å². The van der Waals surface area contributed by atoms with Gasteiger partial charge < -0.3 is 14.2 Å². The van der Waals surface area contributed by atoms with Gasteiger partial charge in [0.2, 0.25) is 0 Å². The monoisotopic (exact) mass is 162 g/mol. The van der Waals surface area contributed by atoms with Gasteiger partial charge in [0.1, 0.15) is 0 Å². The Kier molecular flexibility index (Phi) is 1.30. The highest BCUT2D eigenvalue weighted by molar-refractivity contribution is 7.81. The van der Waals surface area contributed by atoms with E-state index in [1.165, 1.54) is 0 Å². The van der Waals surface area contributed by atoms with Crippen molar-refractivity contribution < 1.29 is 14.2 Å². The van der Waals surface area contributed by atoms with Gasteiger partial charge in [-0.15, -0.1) is 0 Å². The topological polar surface area (TPSA) is 27.7 Å². The molecule has 10 heavy (non-hydrogen) atoms. The quantitative estimate of drug-likeness (QED) is 0.529. The Labute approximate surface area is 65.0 Å². The first-order valence-electron chi connectivity index (χ1n) is 3.26. The molecule has 0 aliphatic carbocycles. The van der Waals surface area contributed by atoms with E-state index in [-0.39, 0.29) is 5.41 Å². The molecular weight excluding hydrogens is 152 g/mol. The van der Waals surface area contributed by atoms with Gasteiger partial charge in [-0.3, -0.25) is 0 Å². The average Bonchev–Trinajstić information content (AvgIpc) is 1.93. The van der Waals surface area contributed by atoms with Crippen LogP contribution in [0.4, 0.5) is 0 Å². The van der Waals surface area contributed by atoms with Crippen LogP contribution in [0.5, 0.6) is 0 Å². The second-order valence-electron chi connectivity index (χ2n) is 3.20. The number of thiol groups is 1. The summed E-state index contributed by atoms with van der Waals surface area (Å²) in [6.45, 7) is 4.10. The van der Waals surface area contributed by atoms with E-state index >= 15 is 0 Å². The van der Waals surface area contributed by atoms with Crippen LogP contribution in [-0.4, -0.2) is 25.1 Å². The first-order valence-corrected chi connectivity index (χ1v) is 3.71. The van der Waals surface area contributed by atoms with E-state index in [9.17, 15) is 0 Å². The van der Waals surface area contributed by atoms with E-state index in [0.29, 0.717) is 19.8 Å². The first kappa shape index (κ1) is 6.91. The van der Waals surface area contributed by atoms with Gasteiger partial charge in [-0.25, -0.2) is 0 Å². The van der Waals surface area contributed by atoms with Crippen molar-refractivity contribution in [2.24, 2.45) is 5.41 Å². The predicted octanol–water partition coefficient (Wildman–Crippen LogP) is 0.611. The summed E-state index contributed by atoms with van der Waals surface area (Å²) in [7, 11) is 0. The Bertz CT molecular complexity index is 117. The third-order valence-corrected chi connectivity index (χ3v) is 2.20. The fraction of sp³-hybridized carbons (Fsp3) is 1.00. The van der Waals surface area contributed by atoms with Crippen LogP contribution in [0, 0.1) is 5.41 Å². The standard InChI is InChI=1S/C6H10O3S/c1-5-2-7-6(10,8-3-5)9-4-5/h10H,2-4H2,1H3. The minimum atomic E-state index is -1.04. The molecule has 3 saturated heterocycles. The highest BCUT2D eigenvalue weighted by Crippen LogP contribution is 2.39. The maximum Gasteiger partial charge on any atom is 0.334 e. The van der Waals surface area contributed by atoms with Crippen molar-refractivity contribution in [2.75, 3.05) is 19.8 Å². The Morgan fingerprint density at radius 1 is 1.10 bits per heavy atom. The zero-order valence-electron chi connectivity index (χ0n) is 5.79. The third-order valence-electron chi connectivity index (χ3n) is 1.81. The van der Waals surface area contributed by atoms with Gasteiger partial charge in [0.25, 0.3) is 0 Å². The molecule has 0 aromatic carbocycles. The normalized spacial score (nSPS) is 53.4. The minimum absolute atomic E-state index is 0.0461. The lowest BCUT2D eigenvalue weighted by atomic mass is 9.93. The van der Waals surface area contributed by atoms with Gasteiger partial charge in [0.05, 0.1) is 19.8 Å². The molecular formula is C6H10O3S. The number of hydrogen-bond donors (Lipinski definition) is 1. The zero-order valence-corrected chi connectivity index (χ0v) is 6.69. The summed E-state index contributed by atoms with van der Waals surface area (Å²) < 4.78 is 15.6. The molecule has 0 amide bonds. The molecule has 0 aromatic heterocycles. The summed E-state index contributed by atoms with van der Waals surface area (Å²) in [5.74, 6) is 0. The molecule has 0 saturated carbocycles. The lowest BCUT2D eigenvalue weighted by Crippen LogP contribution is -2.56. The fourth-order valence-corrected chi connectivity index (χ4v) is 1.24. The summed E-state index contributed by atoms with van der Waals surface area (Å²) in [4.78, 5) is 0. The molecule has 0 N–H and O–H groups in total. The van der Waals surface area contributed by atoms with Crippen molar-refractivity contribution in [1.29, 1.82) is 0 Å². The molecule has 4 heteroatoms. The van der Waals surface area contributed by atoms with E-state index in [1.807, 2.05) is 0 Å². The second-order valence-corrected chi connectivity index (χ2v) is 3.75. The van der Waals surface area contributed by atoms with Crippen molar-refractivity contribution in [3.05, 3.63) is 0 Å². The van der Waals surface area contributed by atoms with Crippen LogP contribution < -0.4 is 0 Å². The molecule has 3 heterocycles. The molecule has 0 radical (unpaired) electrons. The first-order chi connectivity index (χ1) is 4.62. The van der Waals surface area contributed by atoms with Crippen LogP contribution in [-0.2, 0) is 14.2 Å². The third kappa shape index (κ3) is 0.955. The van der Waals surface area contributed by atoms with Gasteiger partial charge in [-0.1, -0.05) is 19.6 Å². The summed E-state index contributed by atoms with van der Waals surface area (Å²) in [6, 6.07) is 0. The average molecular weight is 162 g/mol. The van der Waals surface area contributed by atoms with Crippen LogP contribution >= 0.6 is 12.6 Å². The number of hydrogen-bond acceptors (Lipinski definition) is 4. The maximum atomic E-state index is 5.19. The summed E-state index contributed by atoms with van der Waals surface area (Å²) in [5.41, 5.74) is 0.0461. The Balaban J connectivity index is 2.16. The van der Waals surface area contributed by atoms with Gasteiger partial charge >= 0.3 is 5.31 Å². The molecule has 3 fully saturated rings. The van der Waals surface area contributed by atoms with Gasteiger partial charge in [-0.2, -0.15) is 0 Å². The highest BCUT2D eigenvalue weighted by Gasteiger charge is 2.48. The van der Waals surface area contributed by atoms with E-state index in [0.717, 1.165) is 0 Å². The molecule has 0 spiro atoms. The number of fused-ring (bicyclic) bond motifs is 3. The van der Waals surface area contributed by atoms with E-state index in [1.54, 1.807) is 0 Å². The van der Waals surface area contributed by atoms with Crippen molar-refractivity contribution in [1.82, 2.24) is 0 Å². The molecule has 3 rings (SSSR count). The van der Waals surface area contributed by atoms with Crippen molar-refractivity contribution in [3.63, 3.8) is 0 Å². The summed E-state index contributed by atoms with van der Waals surface area (Å²) in [5, 5.41) is -1.04. The maximum absolute atomic E-state index is 5.19. The summed E-state index contributed by atoms with van der Waals surface area (Å²) in [6.07, 6.45) is 0. The van der Waals surface area contributed by atoms with Gasteiger partial charge in [0.15, 0.2) is 0 Å². The lowest BCUT2D eigenvalue weighted by molar-refractivity contribution is -0.414.